The highest BCUT2D eigenvalue weighted by molar-refractivity contribution is 9.10. The number of ether oxygens (including phenoxy) is 1. The van der Waals surface area contributed by atoms with E-state index in [0.29, 0.717) is 0 Å². The van der Waals surface area contributed by atoms with Gasteiger partial charge >= 0.3 is 0 Å². The molecule has 3 rings (SSSR count). The van der Waals surface area contributed by atoms with Gasteiger partial charge in [0.25, 0.3) is 0 Å². The van der Waals surface area contributed by atoms with Crippen LogP contribution in [0.2, 0.25) is 0 Å². The molecule has 1 fully saturated rings. The molecule has 2 nitrogen and oxygen atoms in total. The summed E-state index contributed by atoms with van der Waals surface area (Å²) >= 11 is 3.69. The molecule has 3 aliphatic rings. The number of hydrogen-bond acceptors (Lipinski definition) is 2. The first kappa shape index (κ1) is 11.5. The van der Waals surface area contributed by atoms with Crippen LogP contribution >= 0.6 is 15.9 Å². The van der Waals surface area contributed by atoms with Crippen LogP contribution in [0.4, 0.5) is 0 Å². The van der Waals surface area contributed by atoms with Crippen molar-refractivity contribution in [1.82, 2.24) is 5.32 Å². The van der Waals surface area contributed by atoms with Crippen LogP contribution in [0.25, 0.3) is 0 Å². The lowest BCUT2D eigenvalue weighted by atomic mass is 9.74. The maximum Gasteiger partial charge on any atom is 0.122 e. The summed E-state index contributed by atoms with van der Waals surface area (Å²) in [6.45, 7) is 5.21. The van der Waals surface area contributed by atoms with Crippen molar-refractivity contribution in [3.05, 3.63) is 35.6 Å². The van der Waals surface area contributed by atoms with Crippen LogP contribution in [0, 0.1) is 5.41 Å². The fraction of sp³-hybridized carbons (Fsp3) is 0.571. The second kappa shape index (κ2) is 3.99. The summed E-state index contributed by atoms with van der Waals surface area (Å²) in [4.78, 5) is 0. The Bertz CT molecular complexity index is 414. The zero-order valence-corrected chi connectivity index (χ0v) is 11.7. The Hall–Kier alpha value is -0.540. The van der Waals surface area contributed by atoms with E-state index in [4.69, 9.17) is 4.74 Å². The lowest BCUT2D eigenvalue weighted by Crippen LogP contribution is -2.38. The molecule has 1 saturated heterocycles. The summed E-state index contributed by atoms with van der Waals surface area (Å²) in [5, 5.41) is 3.43. The summed E-state index contributed by atoms with van der Waals surface area (Å²) < 4.78 is 5.87. The lowest BCUT2D eigenvalue weighted by Gasteiger charge is -2.33. The van der Waals surface area contributed by atoms with E-state index in [1.807, 2.05) is 0 Å². The first-order valence-corrected chi connectivity index (χ1v) is 7.06. The van der Waals surface area contributed by atoms with Gasteiger partial charge in [0.05, 0.1) is 10.9 Å². The van der Waals surface area contributed by atoms with E-state index in [0.717, 1.165) is 25.5 Å². The Morgan fingerprint density at radius 1 is 1.24 bits per heavy atom. The molecule has 1 aliphatic carbocycles. The number of hydrogen-bond donors (Lipinski definition) is 1. The highest BCUT2D eigenvalue weighted by atomic mass is 79.9. The Kier molecular flexibility index (Phi) is 2.71. The van der Waals surface area contributed by atoms with Gasteiger partial charge in [-0.15, -0.1) is 0 Å². The molecule has 0 radical (unpaired) electrons. The van der Waals surface area contributed by atoms with Gasteiger partial charge in [0.2, 0.25) is 0 Å². The van der Waals surface area contributed by atoms with Crippen LogP contribution in [0.15, 0.2) is 35.6 Å². The summed E-state index contributed by atoms with van der Waals surface area (Å²) in [6, 6.07) is 0. The van der Waals surface area contributed by atoms with Gasteiger partial charge in [-0.2, -0.15) is 0 Å². The van der Waals surface area contributed by atoms with Crippen LogP contribution < -0.4 is 5.32 Å². The third kappa shape index (κ3) is 2.00. The van der Waals surface area contributed by atoms with Gasteiger partial charge in [-0.3, -0.25) is 0 Å². The van der Waals surface area contributed by atoms with Crippen molar-refractivity contribution in [3.8, 4) is 0 Å². The SMILES string of the molecule is CC1(Br)C=CC2=C(C=C1)C1(CCNCC1)CO2. The molecule has 0 aromatic carbocycles. The third-order valence-electron chi connectivity index (χ3n) is 4.04. The lowest BCUT2D eigenvalue weighted by molar-refractivity contribution is 0.141. The van der Waals surface area contributed by atoms with E-state index in [9.17, 15) is 0 Å². The number of nitrogens with one attached hydrogen (secondary N) is 1. The van der Waals surface area contributed by atoms with Crippen molar-refractivity contribution in [2.24, 2.45) is 5.41 Å². The van der Waals surface area contributed by atoms with E-state index in [2.05, 4.69) is 52.5 Å². The van der Waals surface area contributed by atoms with Crippen molar-refractivity contribution in [1.29, 1.82) is 0 Å². The Balaban J connectivity index is 1.97. The molecule has 0 aromatic rings. The van der Waals surface area contributed by atoms with Crippen LogP contribution in [-0.2, 0) is 4.74 Å². The molecular weight excluding hydrogens is 278 g/mol. The largest absolute Gasteiger partial charge is 0.492 e. The number of allylic oxidation sites excluding steroid dienone is 4. The quantitative estimate of drug-likeness (QED) is 0.694. The van der Waals surface area contributed by atoms with Gasteiger partial charge in [0, 0.05) is 11.0 Å². The number of fused-ring (bicyclic) bond motifs is 1. The minimum absolute atomic E-state index is 0.0468. The zero-order valence-electron chi connectivity index (χ0n) is 10.1. The Morgan fingerprint density at radius 2 is 1.94 bits per heavy atom. The van der Waals surface area contributed by atoms with Crippen LogP contribution in [0.3, 0.4) is 0 Å². The van der Waals surface area contributed by atoms with Gasteiger partial charge in [-0.05, 0) is 38.9 Å². The van der Waals surface area contributed by atoms with Gasteiger partial charge in [0.15, 0.2) is 0 Å². The predicted octanol–water partition coefficient (Wildman–Crippen LogP) is 2.92. The minimum atomic E-state index is -0.0468. The maximum atomic E-state index is 5.92. The number of rotatable bonds is 0. The molecule has 0 amide bonds. The summed E-state index contributed by atoms with van der Waals surface area (Å²) in [5.41, 5.74) is 1.66. The van der Waals surface area contributed by atoms with Crippen molar-refractivity contribution < 1.29 is 4.74 Å². The average Bonchev–Trinajstić information content (AvgIpc) is 2.54. The number of alkyl halides is 1. The molecule has 1 N–H and O–H groups in total. The molecule has 2 aliphatic heterocycles. The molecule has 92 valence electrons. The molecule has 0 saturated carbocycles. The van der Waals surface area contributed by atoms with Gasteiger partial charge < -0.3 is 10.1 Å². The summed E-state index contributed by atoms with van der Waals surface area (Å²) in [6.07, 6.45) is 11.1. The number of halogens is 1. The topological polar surface area (TPSA) is 21.3 Å². The van der Waals surface area contributed by atoms with E-state index >= 15 is 0 Å². The number of piperidine rings is 1. The molecule has 17 heavy (non-hydrogen) atoms. The molecule has 2 heterocycles. The highest BCUT2D eigenvalue weighted by Gasteiger charge is 2.42. The first-order chi connectivity index (χ1) is 8.11. The Labute approximate surface area is 111 Å². The minimum Gasteiger partial charge on any atom is -0.492 e. The van der Waals surface area contributed by atoms with Crippen molar-refractivity contribution in [3.63, 3.8) is 0 Å². The molecule has 1 unspecified atom stereocenters. The standard InChI is InChI=1S/C14H18BrNO/c1-13(15)4-2-11-12(3-5-13)17-10-14(11)6-8-16-9-7-14/h2-5,16H,6-10H2,1H3. The fourth-order valence-corrected chi connectivity index (χ4v) is 3.15. The molecule has 0 bridgehead atoms. The molecule has 1 atom stereocenters. The second-order valence-corrected chi connectivity index (χ2v) is 7.12. The first-order valence-electron chi connectivity index (χ1n) is 6.27. The van der Waals surface area contributed by atoms with E-state index in [-0.39, 0.29) is 9.74 Å². The molecule has 0 aromatic heterocycles. The monoisotopic (exact) mass is 295 g/mol. The molecule has 3 heteroatoms. The highest BCUT2D eigenvalue weighted by Crippen LogP contribution is 2.46. The fourth-order valence-electron chi connectivity index (χ4n) is 2.89. The van der Waals surface area contributed by atoms with Crippen molar-refractivity contribution in [2.75, 3.05) is 19.7 Å². The van der Waals surface area contributed by atoms with E-state index < -0.39 is 0 Å². The normalized spacial score (nSPS) is 34.7. The smallest absolute Gasteiger partial charge is 0.122 e. The second-order valence-electron chi connectivity index (χ2n) is 5.41. The Morgan fingerprint density at radius 3 is 2.71 bits per heavy atom. The third-order valence-corrected chi connectivity index (χ3v) is 4.57. The van der Waals surface area contributed by atoms with Gasteiger partial charge in [0.1, 0.15) is 5.76 Å². The molecule has 1 spiro atoms. The van der Waals surface area contributed by atoms with Crippen LogP contribution in [0.5, 0.6) is 0 Å². The van der Waals surface area contributed by atoms with Crippen molar-refractivity contribution in [2.45, 2.75) is 24.1 Å². The van der Waals surface area contributed by atoms with Gasteiger partial charge in [-0.25, -0.2) is 0 Å². The summed E-state index contributed by atoms with van der Waals surface area (Å²) in [5.74, 6) is 1.08. The average molecular weight is 296 g/mol. The molecular formula is C14H18BrNO. The van der Waals surface area contributed by atoms with E-state index in [1.165, 1.54) is 18.4 Å². The van der Waals surface area contributed by atoms with E-state index in [1.54, 1.807) is 0 Å². The van der Waals surface area contributed by atoms with Crippen LogP contribution in [-0.4, -0.2) is 24.0 Å². The summed E-state index contributed by atoms with van der Waals surface area (Å²) in [7, 11) is 0. The van der Waals surface area contributed by atoms with Gasteiger partial charge in [-0.1, -0.05) is 34.2 Å². The predicted molar refractivity (Wildman–Crippen MR) is 73.1 cm³/mol. The maximum absolute atomic E-state index is 5.92. The van der Waals surface area contributed by atoms with Crippen molar-refractivity contribution >= 4 is 15.9 Å². The zero-order chi connectivity index (χ0) is 11.9. The van der Waals surface area contributed by atoms with Crippen LogP contribution in [0.1, 0.15) is 19.8 Å².